The van der Waals surface area contributed by atoms with E-state index in [2.05, 4.69) is 88.9 Å². The Labute approximate surface area is 190 Å². The minimum Gasteiger partial charge on any atom is -0.338 e. The predicted octanol–water partition coefficient (Wildman–Crippen LogP) is 5.60. The summed E-state index contributed by atoms with van der Waals surface area (Å²) in [6.45, 7) is 6.78. The van der Waals surface area contributed by atoms with Crippen molar-refractivity contribution >= 4 is 11.0 Å². The molecule has 1 aromatic heterocycles. The highest BCUT2D eigenvalue weighted by Crippen LogP contribution is 2.32. The van der Waals surface area contributed by atoms with Crippen LogP contribution in [-0.4, -0.2) is 48.1 Å². The van der Waals surface area contributed by atoms with Gasteiger partial charge in [0.2, 0.25) is 0 Å². The largest absolute Gasteiger partial charge is 0.338 e. The Kier molecular flexibility index (Phi) is 6.06. The van der Waals surface area contributed by atoms with E-state index in [0.717, 1.165) is 35.5 Å². The first-order valence-corrected chi connectivity index (χ1v) is 11.7. The number of hydrogen-bond donors (Lipinski definition) is 2. The molecule has 1 saturated heterocycles. The van der Waals surface area contributed by atoms with Gasteiger partial charge in [-0.3, -0.25) is 0 Å². The molecule has 0 radical (unpaired) electrons. The van der Waals surface area contributed by atoms with Crippen molar-refractivity contribution in [3.63, 3.8) is 0 Å². The zero-order valence-corrected chi connectivity index (χ0v) is 19.1. The maximum atomic E-state index is 4.95. The number of hydrogen-bond acceptors (Lipinski definition) is 3. The lowest BCUT2D eigenvalue weighted by atomic mass is 9.88. The molecule has 164 valence electrons. The standard InChI is InChI=1S/C28H32N4/c1-20-18-25(23-12-15-32(16-13-23)17-14-29-2)19-26-27(20)31-28(30-26)24-10-8-22(9-11-24)21-6-4-3-5-7-21/h3-11,18-19,23,29H,12-17H2,1-2H3,(H,30,31). The minimum atomic E-state index is 0.640. The molecule has 2 heterocycles. The van der Waals surface area contributed by atoms with Crippen LogP contribution in [0, 0.1) is 6.92 Å². The zero-order chi connectivity index (χ0) is 21.9. The molecule has 0 unspecified atom stereocenters. The van der Waals surface area contributed by atoms with Crippen LogP contribution >= 0.6 is 0 Å². The van der Waals surface area contributed by atoms with Crippen LogP contribution in [0.15, 0.2) is 66.7 Å². The Morgan fingerprint density at radius 1 is 0.938 bits per heavy atom. The number of likely N-dealkylation sites (N-methyl/N-ethyl adjacent to an activating group) is 1. The lowest BCUT2D eigenvalue weighted by Crippen LogP contribution is -2.37. The fourth-order valence-corrected chi connectivity index (χ4v) is 4.90. The van der Waals surface area contributed by atoms with Gasteiger partial charge in [0.25, 0.3) is 0 Å². The van der Waals surface area contributed by atoms with Crippen molar-refractivity contribution in [1.82, 2.24) is 20.2 Å². The quantitative estimate of drug-likeness (QED) is 0.423. The molecule has 1 aliphatic rings. The number of piperidine rings is 1. The van der Waals surface area contributed by atoms with Gasteiger partial charge in [-0.15, -0.1) is 0 Å². The third kappa shape index (κ3) is 4.34. The Morgan fingerprint density at radius 2 is 1.62 bits per heavy atom. The molecule has 0 atom stereocenters. The molecule has 4 nitrogen and oxygen atoms in total. The second-order valence-electron chi connectivity index (χ2n) is 8.98. The van der Waals surface area contributed by atoms with E-state index in [4.69, 9.17) is 4.98 Å². The van der Waals surface area contributed by atoms with Gasteiger partial charge in [0.05, 0.1) is 11.0 Å². The van der Waals surface area contributed by atoms with Crippen molar-refractivity contribution in [1.29, 1.82) is 0 Å². The van der Waals surface area contributed by atoms with Crippen LogP contribution in [0.25, 0.3) is 33.5 Å². The summed E-state index contributed by atoms with van der Waals surface area (Å²) in [4.78, 5) is 11.1. The lowest BCUT2D eigenvalue weighted by molar-refractivity contribution is 0.214. The van der Waals surface area contributed by atoms with Gasteiger partial charge in [0, 0.05) is 18.7 Å². The highest BCUT2D eigenvalue weighted by atomic mass is 15.1. The van der Waals surface area contributed by atoms with E-state index in [-0.39, 0.29) is 0 Å². The molecule has 2 N–H and O–H groups in total. The summed E-state index contributed by atoms with van der Waals surface area (Å²) in [5.74, 6) is 1.59. The van der Waals surface area contributed by atoms with Gasteiger partial charge in [-0.2, -0.15) is 0 Å². The van der Waals surface area contributed by atoms with Gasteiger partial charge in [0.1, 0.15) is 5.82 Å². The molecule has 5 rings (SSSR count). The molecular formula is C28H32N4. The van der Waals surface area contributed by atoms with E-state index in [1.807, 2.05) is 7.05 Å². The predicted molar refractivity (Wildman–Crippen MR) is 134 cm³/mol. The normalized spacial score (nSPS) is 15.4. The van der Waals surface area contributed by atoms with Crippen LogP contribution in [0.1, 0.15) is 29.9 Å². The average Bonchev–Trinajstić information content (AvgIpc) is 3.29. The summed E-state index contributed by atoms with van der Waals surface area (Å²) in [5.41, 5.74) is 8.55. The van der Waals surface area contributed by atoms with E-state index in [0.29, 0.717) is 5.92 Å². The number of aromatic amines is 1. The maximum Gasteiger partial charge on any atom is 0.138 e. The first kappa shape index (κ1) is 20.9. The monoisotopic (exact) mass is 424 g/mol. The molecule has 4 heteroatoms. The van der Waals surface area contributed by atoms with E-state index < -0.39 is 0 Å². The second kappa shape index (κ2) is 9.27. The molecule has 1 fully saturated rings. The molecule has 0 spiro atoms. The molecule has 32 heavy (non-hydrogen) atoms. The van der Waals surface area contributed by atoms with E-state index in [1.54, 1.807) is 0 Å². The average molecular weight is 425 g/mol. The molecule has 0 aliphatic carbocycles. The smallest absolute Gasteiger partial charge is 0.138 e. The SMILES string of the molecule is CNCCN1CCC(c2cc(C)c3nc(-c4ccc(-c5ccccc5)cc4)[nH]c3c2)CC1. The number of rotatable bonds is 6. The molecular weight excluding hydrogens is 392 g/mol. The number of likely N-dealkylation sites (tertiary alicyclic amines) is 1. The van der Waals surface area contributed by atoms with Crippen molar-refractivity contribution in [3.8, 4) is 22.5 Å². The van der Waals surface area contributed by atoms with Gasteiger partial charge >= 0.3 is 0 Å². The van der Waals surface area contributed by atoms with Crippen LogP contribution in [0.5, 0.6) is 0 Å². The number of aryl methyl sites for hydroxylation is 1. The van der Waals surface area contributed by atoms with E-state index >= 15 is 0 Å². The maximum absolute atomic E-state index is 4.95. The van der Waals surface area contributed by atoms with Crippen molar-refractivity contribution in [2.45, 2.75) is 25.7 Å². The van der Waals surface area contributed by atoms with Gasteiger partial charge in [-0.05, 0) is 74.1 Å². The number of benzene rings is 3. The highest BCUT2D eigenvalue weighted by Gasteiger charge is 2.21. The molecule has 4 aromatic rings. The van der Waals surface area contributed by atoms with Gasteiger partial charge in [-0.25, -0.2) is 4.98 Å². The van der Waals surface area contributed by atoms with Crippen molar-refractivity contribution in [2.75, 3.05) is 33.2 Å². The molecule has 0 amide bonds. The second-order valence-corrected chi connectivity index (χ2v) is 8.98. The Morgan fingerprint density at radius 3 is 2.34 bits per heavy atom. The third-order valence-corrected chi connectivity index (χ3v) is 6.80. The van der Waals surface area contributed by atoms with E-state index in [9.17, 15) is 0 Å². The zero-order valence-electron chi connectivity index (χ0n) is 19.1. The number of H-pyrrole nitrogens is 1. The lowest BCUT2D eigenvalue weighted by Gasteiger charge is -2.32. The summed E-state index contributed by atoms with van der Waals surface area (Å²) in [7, 11) is 2.03. The van der Waals surface area contributed by atoms with Crippen molar-refractivity contribution in [2.24, 2.45) is 0 Å². The summed E-state index contributed by atoms with van der Waals surface area (Å²) >= 11 is 0. The summed E-state index contributed by atoms with van der Waals surface area (Å²) in [5, 5.41) is 3.26. The topological polar surface area (TPSA) is 44.0 Å². The van der Waals surface area contributed by atoms with Gasteiger partial charge in [-0.1, -0.05) is 60.7 Å². The van der Waals surface area contributed by atoms with Crippen LogP contribution in [0.4, 0.5) is 0 Å². The Hall–Kier alpha value is -2.95. The number of nitrogens with one attached hydrogen (secondary N) is 2. The first-order valence-electron chi connectivity index (χ1n) is 11.7. The minimum absolute atomic E-state index is 0.640. The number of fused-ring (bicyclic) bond motifs is 1. The fourth-order valence-electron chi connectivity index (χ4n) is 4.90. The summed E-state index contributed by atoms with van der Waals surface area (Å²) in [6.07, 6.45) is 2.47. The Bertz CT molecular complexity index is 1170. The first-order chi connectivity index (χ1) is 15.7. The van der Waals surface area contributed by atoms with Crippen molar-refractivity contribution < 1.29 is 0 Å². The van der Waals surface area contributed by atoms with Crippen LogP contribution < -0.4 is 5.32 Å². The molecule has 1 aliphatic heterocycles. The molecule has 0 saturated carbocycles. The molecule has 3 aromatic carbocycles. The number of imidazole rings is 1. The van der Waals surface area contributed by atoms with Crippen molar-refractivity contribution in [3.05, 3.63) is 77.9 Å². The third-order valence-electron chi connectivity index (χ3n) is 6.80. The highest BCUT2D eigenvalue weighted by molar-refractivity contribution is 5.83. The van der Waals surface area contributed by atoms with Crippen LogP contribution in [0.2, 0.25) is 0 Å². The number of aromatic nitrogens is 2. The fraction of sp³-hybridized carbons (Fsp3) is 0.321. The van der Waals surface area contributed by atoms with Crippen LogP contribution in [0.3, 0.4) is 0 Å². The summed E-state index contributed by atoms with van der Waals surface area (Å²) < 4.78 is 0. The van der Waals surface area contributed by atoms with E-state index in [1.165, 1.54) is 48.2 Å². The van der Waals surface area contributed by atoms with Gasteiger partial charge < -0.3 is 15.2 Å². The summed E-state index contributed by atoms with van der Waals surface area (Å²) in [6, 6.07) is 23.9. The number of nitrogens with zero attached hydrogens (tertiary/aromatic N) is 2. The van der Waals surface area contributed by atoms with Crippen LogP contribution in [-0.2, 0) is 0 Å². The molecule has 0 bridgehead atoms. The Balaban J connectivity index is 1.36. The van der Waals surface area contributed by atoms with Gasteiger partial charge in [0.15, 0.2) is 0 Å².